The quantitative estimate of drug-likeness (QED) is 0.813. The first-order chi connectivity index (χ1) is 9.50. The molecule has 0 aromatic carbocycles. The number of ether oxygens (including phenoxy) is 1. The zero-order chi connectivity index (χ0) is 14.7. The molecule has 1 saturated heterocycles. The fraction of sp³-hybridized carbons (Fsp3) is 0.938. The monoisotopic (exact) mass is 282 g/mol. The second-order valence-corrected chi connectivity index (χ2v) is 6.83. The highest BCUT2D eigenvalue weighted by molar-refractivity contribution is 5.84. The molecule has 4 heteroatoms. The predicted octanol–water partition coefficient (Wildman–Crippen LogP) is 2.38. The van der Waals surface area contributed by atoms with Gasteiger partial charge >= 0.3 is 0 Å². The Morgan fingerprint density at radius 2 is 1.90 bits per heavy atom. The summed E-state index contributed by atoms with van der Waals surface area (Å²) < 4.78 is 5.64. The highest BCUT2D eigenvalue weighted by Gasteiger charge is 2.43. The van der Waals surface area contributed by atoms with E-state index in [1.165, 1.54) is 25.7 Å². The lowest BCUT2D eigenvalue weighted by Gasteiger charge is -2.29. The lowest BCUT2D eigenvalue weighted by atomic mass is 10.0. The van der Waals surface area contributed by atoms with Gasteiger partial charge in [0.15, 0.2) is 0 Å². The number of rotatable bonds is 6. The molecule has 1 heterocycles. The zero-order valence-electron chi connectivity index (χ0n) is 13.4. The highest BCUT2D eigenvalue weighted by atomic mass is 16.5. The van der Waals surface area contributed by atoms with Crippen LogP contribution < -0.4 is 5.32 Å². The topological polar surface area (TPSA) is 41.6 Å². The van der Waals surface area contributed by atoms with Crippen LogP contribution in [0.3, 0.4) is 0 Å². The average molecular weight is 282 g/mol. The van der Waals surface area contributed by atoms with Crippen molar-refractivity contribution in [3.63, 3.8) is 0 Å². The van der Waals surface area contributed by atoms with E-state index in [1.54, 1.807) is 0 Å². The second kappa shape index (κ2) is 6.90. The van der Waals surface area contributed by atoms with Crippen molar-refractivity contribution in [1.29, 1.82) is 0 Å². The van der Waals surface area contributed by atoms with Crippen molar-refractivity contribution in [1.82, 2.24) is 10.2 Å². The molecule has 1 N–H and O–H groups in total. The Hall–Kier alpha value is -0.610. The van der Waals surface area contributed by atoms with E-state index in [4.69, 9.17) is 4.74 Å². The molecule has 1 saturated carbocycles. The standard InChI is InChI=1S/C16H30N2O2/c1-11(2)14-16(19)18(9-10-20-12(3)4)15(17-14)13-7-5-6-8-13/h11-15,17H,5-10H2,1-4H3. The Labute approximate surface area is 123 Å². The van der Waals surface area contributed by atoms with Crippen molar-refractivity contribution in [2.75, 3.05) is 13.2 Å². The van der Waals surface area contributed by atoms with Gasteiger partial charge in [-0.15, -0.1) is 0 Å². The van der Waals surface area contributed by atoms with Gasteiger partial charge in [0.05, 0.1) is 24.9 Å². The van der Waals surface area contributed by atoms with E-state index in [-0.39, 0.29) is 24.2 Å². The van der Waals surface area contributed by atoms with Gasteiger partial charge in [0.25, 0.3) is 0 Å². The Balaban J connectivity index is 2.00. The molecule has 0 aromatic heterocycles. The molecule has 20 heavy (non-hydrogen) atoms. The smallest absolute Gasteiger partial charge is 0.241 e. The fourth-order valence-corrected chi connectivity index (χ4v) is 3.44. The summed E-state index contributed by atoms with van der Waals surface area (Å²) in [5, 5.41) is 3.59. The molecule has 0 aromatic rings. The molecule has 1 aliphatic heterocycles. The maximum Gasteiger partial charge on any atom is 0.241 e. The molecule has 4 nitrogen and oxygen atoms in total. The van der Waals surface area contributed by atoms with Crippen molar-refractivity contribution in [3.05, 3.63) is 0 Å². The molecule has 2 atom stereocenters. The van der Waals surface area contributed by atoms with E-state index in [0.29, 0.717) is 25.0 Å². The Morgan fingerprint density at radius 1 is 1.25 bits per heavy atom. The summed E-state index contributed by atoms with van der Waals surface area (Å²) in [6, 6.07) is -0.0142. The van der Waals surface area contributed by atoms with E-state index in [2.05, 4.69) is 19.2 Å². The third-order valence-corrected chi connectivity index (χ3v) is 4.53. The predicted molar refractivity (Wildman–Crippen MR) is 80.3 cm³/mol. The first-order valence-electron chi connectivity index (χ1n) is 8.19. The van der Waals surface area contributed by atoms with Crippen LogP contribution in [0, 0.1) is 11.8 Å². The van der Waals surface area contributed by atoms with E-state index in [9.17, 15) is 4.79 Å². The number of hydrogen-bond acceptors (Lipinski definition) is 3. The molecule has 2 unspecified atom stereocenters. The zero-order valence-corrected chi connectivity index (χ0v) is 13.4. The van der Waals surface area contributed by atoms with E-state index in [1.807, 2.05) is 18.7 Å². The van der Waals surface area contributed by atoms with Gasteiger partial charge in [-0.3, -0.25) is 10.1 Å². The largest absolute Gasteiger partial charge is 0.377 e. The molecule has 1 aliphatic carbocycles. The third kappa shape index (κ3) is 3.53. The van der Waals surface area contributed by atoms with Crippen molar-refractivity contribution in [3.8, 4) is 0 Å². The van der Waals surface area contributed by atoms with Crippen LogP contribution >= 0.6 is 0 Å². The fourth-order valence-electron chi connectivity index (χ4n) is 3.44. The lowest BCUT2D eigenvalue weighted by molar-refractivity contribution is -0.132. The van der Waals surface area contributed by atoms with Crippen molar-refractivity contribution in [2.24, 2.45) is 11.8 Å². The van der Waals surface area contributed by atoms with E-state index in [0.717, 1.165) is 0 Å². The van der Waals surface area contributed by atoms with Crippen LogP contribution in [0.2, 0.25) is 0 Å². The van der Waals surface area contributed by atoms with Crippen LogP contribution in [0.5, 0.6) is 0 Å². The molecule has 116 valence electrons. The van der Waals surface area contributed by atoms with Gasteiger partial charge in [0.1, 0.15) is 0 Å². The molecule has 1 amide bonds. The maximum absolute atomic E-state index is 12.6. The number of hydrogen-bond donors (Lipinski definition) is 1. The first kappa shape index (κ1) is 15.8. The number of carbonyl (C=O) groups is 1. The van der Waals surface area contributed by atoms with Gasteiger partial charge < -0.3 is 9.64 Å². The molecule has 0 radical (unpaired) electrons. The number of nitrogens with one attached hydrogen (secondary N) is 1. The summed E-state index contributed by atoms with van der Waals surface area (Å²) in [7, 11) is 0. The van der Waals surface area contributed by atoms with Gasteiger partial charge in [-0.2, -0.15) is 0 Å². The number of amides is 1. The summed E-state index contributed by atoms with van der Waals surface area (Å²) in [5.74, 6) is 1.24. The van der Waals surface area contributed by atoms with Gasteiger partial charge in [0, 0.05) is 6.54 Å². The Bertz CT molecular complexity index is 324. The Kier molecular flexibility index (Phi) is 5.44. The third-order valence-electron chi connectivity index (χ3n) is 4.53. The summed E-state index contributed by atoms with van der Waals surface area (Å²) in [6.07, 6.45) is 5.56. The molecule has 2 rings (SSSR count). The minimum absolute atomic E-state index is 0.0142. The minimum atomic E-state index is -0.0142. The summed E-state index contributed by atoms with van der Waals surface area (Å²) >= 11 is 0. The van der Waals surface area contributed by atoms with E-state index >= 15 is 0 Å². The lowest BCUT2D eigenvalue weighted by Crippen LogP contribution is -2.44. The number of nitrogens with zero attached hydrogens (tertiary/aromatic N) is 1. The van der Waals surface area contributed by atoms with Crippen LogP contribution in [-0.4, -0.2) is 42.3 Å². The van der Waals surface area contributed by atoms with Gasteiger partial charge in [0.2, 0.25) is 5.91 Å². The highest BCUT2D eigenvalue weighted by Crippen LogP contribution is 2.32. The van der Waals surface area contributed by atoms with Gasteiger partial charge in [-0.1, -0.05) is 26.7 Å². The summed E-state index contributed by atoms with van der Waals surface area (Å²) in [5.41, 5.74) is 0. The van der Waals surface area contributed by atoms with Gasteiger partial charge in [-0.05, 0) is 38.5 Å². The molecule has 2 fully saturated rings. The molecular formula is C16H30N2O2. The summed E-state index contributed by atoms with van der Waals surface area (Å²) in [6.45, 7) is 9.67. The maximum atomic E-state index is 12.6. The Morgan fingerprint density at radius 3 is 2.45 bits per heavy atom. The SMILES string of the molecule is CC(C)OCCN1C(=O)C(C(C)C)NC1C1CCCC1. The first-order valence-corrected chi connectivity index (χ1v) is 8.19. The van der Waals surface area contributed by atoms with Crippen molar-refractivity contribution < 1.29 is 9.53 Å². The van der Waals surface area contributed by atoms with Crippen LogP contribution in [-0.2, 0) is 9.53 Å². The molecule has 0 bridgehead atoms. The molecule has 0 spiro atoms. The second-order valence-electron chi connectivity index (χ2n) is 6.83. The molecule has 2 aliphatic rings. The van der Waals surface area contributed by atoms with Crippen LogP contribution in [0.15, 0.2) is 0 Å². The van der Waals surface area contributed by atoms with E-state index < -0.39 is 0 Å². The van der Waals surface area contributed by atoms with Crippen molar-refractivity contribution in [2.45, 2.75) is 71.7 Å². The van der Waals surface area contributed by atoms with Crippen LogP contribution in [0.4, 0.5) is 0 Å². The normalized spacial score (nSPS) is 28.3. The summed E-state index contributed by atoms with van der Waals surface area (Å²) in [4.78, 5) is 14.6. The van der Waals surface area contributed by atoms with Crippen LogP contribution in [0.25, 0.3) is 0 Å². The number of carbonyl (C=O) groups excluding carboxylic acids is 1. The van der Waals surface area contributed by atoms with Gasteiger partial charge in [-0.25, -0.2) is 0 Å². The minimum Gasteiger partial charge on any atom is -0.377 e. The molecular weight excluding hydrogens is 252 g/mol. The van der Waals surface area contributed by atoms with Crippen LogP contribution in [0.1, 0.15) is 53.4 Å². The average Bonchev–Trinajstić information content (AvgIpc) is 2.97. The van der Waals surface area contributed by atoms with Crippen molar-refractivity contribution >= 4 is 5.91 Å².